The lowest BCUT2D eigenvalue weighted by Crippen LogP contribution is -2.38. The van der Waals surface area contributed by atoms with Gasteiger partial charge in [0, 0.05) is 19.4 Å². The fraction of sp³-hybridized carbons (Fsp3) is 0.310. The molecule has 0 fully saturated rings. The van der Waals surface area contributed by atoms with Crippen LogP contribution in [0.3, 0.4) is 0 Å². The van der Waals surface area contributed by atoms with Crippen molar-refractivity contribution in [2.24, 2.45) is 0 Å². The number of aryl methyl sites for hydroxylation is 1. The van der Waals surface area contributed by atoms with Gasteiger partial charge in [0.2, 0.25) is 5.91 Å². The van der Waals surface area contributed by atoms with E-state index in [1.54, 1.807) is 12.1 Å². The number of amides is 1. The van der Waals surface area contributed by atoms with Crippen LogP contribution < -0.4 is 4.74 Å². The number of nitrogens with zero attached hydrogens (tertiary/aromatic N) is 1. The number of carbonyl (C=O) groups excluding carboxylic acids is 1. The molecule has 0 bridgehead atoms. The summed E-state index contributed by atoms with van der Waals surface area (Å²) in [5.74, 6) is -0.719. The van der Waals surface area contributed by atoms with E-state index >= 15 is 0 Å². The molecule has 1 atom stereocenters. The van der Waals surface area contributed by atoms with Crippen LogP contribution in [0.2, 0.25) is 0 Å². The lowest BCUT2D eigenvalue weighted by atomic mass is 9.91. The first kappa shape index (κ1) is 24.5. The first-order valence-corrected chi connectivity index (χ1v) is 11.8. The molecule has 0 saturated carbocycles. The van der Waals surface area contributed by atoms with Crippen molar-refractivity contribution in [3.05, 3.63) is 100 Å². The zero-order valence-corrected chi connectivity index (χ0v) is 20.1. The van der Waals surface area contributed by atoms with Crippen molar-refractivity contribution < 1.29 is 23.8 Å². The molecule has 5 nitrogen and oxygen atoms in total. The Morgan fingerprint density at radius 2 is 1.77 bits per heavy atom. The molecule has 1 amide bonds. The third-order valence-electron chi connectivity index (χ3n) is 6.48. The second-order valence-corrected chi connectivity index (χ2v) is 9.54. The minimum atomic E-state index is -1.03. The van der Waals surface area contributed by atoms with Crippen molar-refractivity contribution in [1.82, 2.24) is 4.90 Å². The zero-order valence-electron chi connectivity index (χ0n) is 20.1. The van der Waals surface area contributed by atoms with Gasteiger partial charge in [-0.3, -0.25) is 9.59 Å². The van der Waals surface area contributed by atoms with Crippen molar-refractivity contribution in [2.45, 2.75) is 45.1 Å². The van der Waals surface area contributed by atoms with E-state index in [1.807, 2.05) is 56.3 Å². The first-order chi connectivity index (χ1) is 16.7. The number of carboxylic acids is 1. The summed E-state index contributed by atoms with van der Waals surface area (Å²) >= 11 is 0. The predicted octanol–water partition coefficient (Wildman–Crippen LogP) is 4.77. The molecule has 1 aliphatic rings. The maximum Gasteiger partial charge on any atom is 0.323 e. The number of hydrogen-bond acceptors (Lipinski definition) is 3. The minimum absolute atomic E-state index is 0.128. The summed E-state index contributed by atoms with van der Waals surface area (Å²) in [6.45, 7) is 4.06. The van der Waals surface area contributed by atoms with Crippen LogP contribution in [0.1, 0.15) is 34.7 Å². The first-order valence-electron chi connectivity index (χ1n) is 11.8. The van der Waals surface area contributed by atoms with Gasteiger partial charge in [0.05, 0.1) is 6.42 Å². The molecule has 0 saturated heterocycles. The molecule has 0 aromatic heterocycles. The van der Waals surface area contributed by atoms with Gasteiger partial charge in [0.1, 0.15) is 23.7 Å². The molecule has 0 radical (unpaired) electrons. The molecule has 1 heterocycles. The van der Waals surface area contributed by atoms with Gasteiger partial charge in [-0.1, -0.05) is 48.5 Å². The highest BCUT2D eigenvalue weighted by atomic mass is 19.1. The number of benzene rings is 3. The Labute approximate surface area is 205 Å². The van der Waals surface area contributed by atoms with Crippen LogP contribution in [0.15, 0.2) is 66.7 Å². The van der Waals surface area contributed by atoms with E-state index < -0.39 is 11.6 Å². The molecular formula is C29H30FNO4. The van der Waals surface area contributed by atoms with Crippen LogP contribution in [-0.4, -0.2) is 40.6 Å². The number of aliphatic carboxylic acids is 1. The number of rotatable bonds is 9. The Balaban J connectivity index is 1.42. The Bertz CT molecular complexity index is 1220. The average Bonchev–Trinajstić information content (AvgIpc) is 3.14. The molecular weight excluding hydrogens is 445 g/mol. The summed E-state index contributed by atoms with van der Waals surface area (Å²) in [4.78, 5) is 25.9. The Morgan fingerprint density at radius 3 is 2.49 bits per heavy atom. The highest BCUT2D eigenvalue weighted by Crippen LogP contribution is 2.37. The van der Waals surface area contributed by atoms with E-state index in [0.29, 0.717) is 25.8 Å². The van der Waals surface area contributed by atoms with E-state index in [-0.39, 0.29) is 24.7 Å². The summed E-state index contributed by atoms with van der Waals surface area (Å²) in [6, 6.07) is 20.1. The van der Waals surface area contributed by atoms with Crippen molar-refractivity contribution in [1.29, 1.82) is 0 Å². The van der Waals surface area contributed by atoms with E-state index in [9.17, 15) is 19.1 Å². The molecule has 3 aromatic rings. The highest BCUT2D eigenvalue weighted by Gasteiger charge is 2.35. The number of hydrogen-bond donors (Lipinski definition) is 1. The van der Waals surface area contributed by atoms with E-state index in [0.717, 1.165) is 33.6 Å². The standard InChI is InChI=1S/C29H30FNO4/c1-20-5-3-4-6-23(20)13-14-31(19-28(33)34)27(32)16-22-9-12-26-24(15-22)18-29(2,35-26)17-21-7-10-25(30)11-8-21/h3-12,15H,13-14,16-19H2,1-2H3,(H,33,34). The second-order valence-electron chi connectivity index (χ2n) is 9.54. The molecule has 6 heteroatoms. The number of carboxylic acid groups (broad SMARTS) is 1. The zero-order chi connectivity index (χ0) is 25.0. The van der Waals surface area contributed by atoms with Gasteiger partial charge in [0.15, 0.2) is 0 Å². The molecule has 35 heavy (non-hydrogen) atoms. The Hall–Kier alpha value is -3.67. The summed E-state index contributed by atoms with van der Waals surface area (Å²) in [5, 5.41) is 9.34. The lowest BCUT2D eigenvalue weighted by molar-refractivity contribution is -0.144. The van der Waals surface area contributed by atoms with Gasteiger partial charge in [-0.15, -0.1) is 0 Å². The third-order valence-corrected chi connectivity index (χ3v) is 6.48. The van der Waals surface area contributed by atoms with Gasteiger partial charge in [-0.25, -0.2) is 4.39 Å². The molecule has 1 N–H and O–H groups in total. The fourth-order valence-corrected chi connectivity index (χ4v) is 4.71. The quantitative estimate of drug-likeness (QED) is 0.484. The number of ether oxygens (including phenoxy) is 1. The normalized spacial score (nSPS) is 16.4. The van der Waals surface area contributed by atoms with Crippen LogP contribution >= 0.6 is 0 Å². The Kier molecular flexibility index (Phi) is 7.20. The molecule has 0 aliphatic carbocycles. The van der Waals surface area contributed by atoms with Crippen LogP contribution in [0.5, 0.6) is 5.75 Å². The van der Waals surface area contributed by atoms with Crippen molar-refractivity contribution >= 4 is 11.9 Å². The number of carbonyl (C=O) groups is 2. The monoisotopic (exact) mass is 475 g/mol. The number of halogens is 1. The molecule has 182 valence electrons. The van der Waals surface area contributed by atoms with E-state index in [1.165, 1.54) is 17.0 Å². The summed E-state index contributed by atoms with van der Waals surface area (Å²) < 4.78 is 19.5. The maximum absolute atomic E-state index is 13.2. The summed E-state index contributed by atoms with van der Waals surface area (Å²) in [7, 11) is 0. The summed E-state index contributed by atoms with van der Waals surface area (Å²) in [5.41, 5.74) is 4.61. The maximum atomic E-state index is 13.2. The van der Waals surface area contributed by atoms with Gasteiger partial charge in [-0.05, 0) is 66.3 Å². The minimum Gasteiger partial charge on any atom is -0.487 e. The van der Waals surface area contributed by atoms with Gasteiger partial charge < -0.3 is 14.7 Å². The third kappa shape index (κ3) is 6.27. The highest BCUT2D eigenvalue weighted by molar-refractivity contribution is 5.83. The van der Waals surface area contributed by atoms with Gasteiger partial charge in [-0.2, -0.15) is 0 Å². The van der Waals surface area contributed by atoms with Crippen molar-refractivity contribution in [2.75, 3.05) is 13.1 Å². The van der Waals surface area contributed by atoms with Gasteiger partial charge in [0.25, 0.3) is 0 Å². The summed E-state index contributed by atoms with van der Waals surface area (Å²) in [6.07, 6.45) is 2.05. The van der Waals surface area contributed by atoms with E-state index in [4.69, 9.17) is 4.74 Å². The molecule has 1 aliphatic heterocycles. The fourth-order valence-electron chi connectivity index (χ4n) is 4.71. The second kappa shape index (κ2) is 10.3. The molecule has 4 rings (SSSR count). The predicted molar refractivity (Wildman–Crippen MR) is 132 cm³/mol. The molecule has 0 spiro atoms. The van der Waals surface area contributed by atoms with Crippen LogP contribution in [-0.2, 0) is 35.3 Å². The van der Waals surface area contributed by atoms with Crippen LogP contribution in [0.25, 0.3) is 0 Å². The smallest absolute Gasteiger partial charge is 0.323 e. The average molecular weight is 476 g/mol. The van der Waals surface area contributed by atoms with Crippen molar-refractivity contribution in [3.8, 4) is 5.75 Å². The topological polar surface area (TPSA) is 66.8 Å². The lowest BCUT2D eigenvalue weighted by Gasteiger charge is -2.24. The van der Waals surface area contributed by atoms with Crippen LogP contribution in [0.4, 0.5) is 4.39 Å². The Morgan fingerprint density at radius 1 is 1.06 bits per heavy atom. The van der Waals surface area contributed by atoms with Crippen molar-refractivity contribution in [3.63, 3.8) is 0 Å². The molecule has 3 aromatic carbocycles. The SMILES string of the molecule is Cc1ccccc1CCN(CC(=O)O)C(=O)Cc1ccc2c(c1)CC(C)(Cc1ccc(F)cc1)O2. The van der Waals surface area contributed by atoms with Crippen LogP contribution in [0, 0.1) is 12.7 Å². The van der Waals surface area contributed by atoms with E-state index in [2.05, 4.69) is 0 Å². The van der Waals surface area contributed by atoms with Gasteiger partial charge >= 0.3 is 5.97 Å². The molecule has 1 unspecified atom stereocenters. The number of fused-ring (bicyclic) bond motifs is 1. The largest absolute Gasteiger partial charge is 0.487 e.